The van der Waals surface area contributed by atoms with Crippen LogP contribution in [0, 0.1) is 5.41 Å². The van der Waals surface area contributed by atoms with E-state index in [1.165, 1.54) is 34.0 Å². The minimum Gasteiger partial charge on any atom is -0.347 e. The highest BCUT2D eigenvalue weighted by Gasteiger charge is 2.23. The monoisotopic (exact) mass is 336 g/mol. The number of halogens is 1. The van der Waals surface area contributed by atoms with Crippen LogP contribution in [-0.4, -0.2) is 10.3 Å². The molecule has 0 bridgehead atoms. The lowest BCUT2D eigenvalue weighted by Crippen LogP contribution is -2.11. The van der Waals surface area contributed by atoms with Crippen molar-refractivity contribution in [1.29, 1.82) is 5.41 Å². The Morgan fingerprint density at radius 3 is 2.88 bits per heavy atom. The van der Waals surface area contributed by atoms with Crippen LogP contribution < -0.4 is 0 Å². The molecule has 0 saturated heterocycles. The van der Waals surface area contributed by atoms with E-state index in [0.29, 0.717) is 5.71 Å². The maximum absolute atomic E-state index is 8.36. The molecule has 4 rings (SSSR count). The summed E-state index contributed by atoms with van der Waals surface area (Å²) in [6, 6.07) is 14.6. The average molecular weight is 337 g/mol. The zero-order valence-electron chi connectivity index (χ0n) is 13.8. The number of aromatic nitrogens is 1. The van der Waals surface area contributed by atoms with Crippen LogP contribution in [0.25, 0.3) is 10.9 Å². The second-order valence-corrected chi connectivity index (χ2v) is 7.20. The van der Waals surface area contributed by atoms with Gasteiger partial charge in [-0.3, -0.25) is 0 Å². The summed E-state index contributed by atoms with van der Waals surface area (Å²) in [6.07, 6.45) is 5.45. The first-order valence-corrected chi connectivity index (χ1v) is 8.91. The lowest BCUT2D eigenvalue weighted by Gasteiger charge is -2.16. The molecule has 2 nitrogen and oxygen atoms in total. The van der Waals surface area contributed by atoms with Gasteiger partial charge in [0.25, 0.3) is 0 Å². The van der Waals surface area contributed by atoms with Crippen molar-refractivity contribution in [2.75, 3.05) is 0 Å². The third kappa shape index (κ3) is 2.65. The predicted octanol–water partition coefficient (Wildman–Crippen LogP) is 5.61. The molecule has 1 unspecified atom stereocenters. The number of nitrogens with zero attached hydrogens (tertiary/aromatic N) is 1. The van der Waals surface area contributed by atoms with Crippen molar-refractivity contribution >= 4 is 28.2 Å². The van der Waals surface area contributed by atoms with Crippen LogP contribution in [0.5, 0.6) is 0 Å². The Labute approximate surface area is 147 Å². The predicted molar refractivity (Wildman–Crippen MR) is 102 cm³/mol. The lowest BCUT2D eigenvalue weighted by atomic mass is 9.88. The summed E-state index contributed by atoms with van der Waals surface area (Å²) >= 11 is 6.15. The smallest absolute Gasteiger partial charge is 0.0515 e. The molecule has 1 atom stereocenters. The topological polar surface area (TPSA) is 28.8 Å². The maximum Gasteiger partial charge on any atom is 0.0515 e. The summed E-state index contributed by atoms with van der Waals surface area (Å²) in [5.74, 6) is 0.0977. The van der Waals surface area contributed by atoms with E-state index < -0.39 is 0 Å². The van der Waals surface area contributed by atoms with Gasteiger partial charge in [0.2, 0.25) is 0 Å². The van der Waals surface area contributed by atoms with Crippen molar-refractivity contribution in [2.24, 2.45) is 0 Å². The normalized spacial score (nSPS) is 14.8. The number of hydrogen-bond donors (Lipinski definition) is 1. The Balaban J connectivity index is 1.81. The van der Waals surface area contributed by atoms with E-state index in [0.717, 1.165) is 24.4 Å². The Morgan fingerprint density at radius 2 is 2.08 bits per heavy atom. The molecule has 0 amide bonds. The second-order valence-electron chi connectivity index (χ2n) is 6.76. The summed E-state index contributed by atoms with van der Waals surface area (Å²) in [4.78, 5) is 0. The molecule has 0 aliphatic carbocycles. The number of rotatable bonds is 4. The van der Waals surface area contributed by atoms with Crippen LogP contribution in [0.4, 0.5) is 0 Å². The summed E-state index contributed by atoms with van der Waals surface area (Å²) in [5, 5.41) is 10.4. The van der Waals surface area contributed by atoms with Crippen LogP contribution in [0.1, 0.15) is 36.0 Å². The number of hydrogen-bond acceptors (Lipinski definition) is 1. The molecule has 3 aromatic rings. The highest BCUT2D eigenvalue weighted by molar-refractivity contribution is 6.30. The van der Waals surface area contributed by atoms with Crippen molar-refractivity contribution in [3.63, 3.8) is 0 Å². The van der Waals surface area contributed by atoms with Crippen molar-refractivity contribution in [1.82, 2.24) is 4.57 Å². The molecule has 0 radical (unpaired) electrons. The molecular weight excluding hydrogens is 316 g/mol. The molecule has 0 fully saturated rings. The Morgan fingerprint density at radius 1 is 1.25 bits per heavy atom. The molecule has 2 heterocycles. The van der Waals surface area contributed by atoms with Crippen LogP contribution in [0.2, 0.25) is 5.02 Å². The number of para-hydroxylation sites is 1. The largest absolute Gasteiger partial charge is 0.347 e. The van der Waals surface area contributed by atoms with Crippen LogP contribution in [-0.2, 0) is 19.4 Å². The molecule has 1 aromatic heterocycles. The number of nitrogens with one attached hydrogen (secondary N) is 1. The molecule has 1 aliphatic heterocycles. The first-order valence-electron chi connectivity index (χ1n) is 8.53. The van der Waals surface area contributed by atoms with E-state index in [2.05, 4.69) is 35.0 Å². The summed E-state index contributed by atoms with van der Waals surface area (Å²) < 4.78 is 2.39. The fraction of sp³-hybridized carbons (Fsp3) is 0.286. The standard InChI is InChI=1S/C21H21ClN2/c1-14(23)19(12-15-5-2-8-17(22)11-15)20-13-24-10-4-7-16-6-3-9-18(20)21(16)24/h2-3,5-6,8-9,11,13,19,23H,4,7,10,12H2,1H3. The average Bonchev–Trinajstić information content (AvgIpc) is 2.93. The van der Waals surface area contributed by atoms with Crippen molar-refractivity contribution in [3.05, 3.63) is 70.4 Å². The quantitative estimate of drug-likeness (QED) is 0.600. The van der Waals surface area contributed by atoms with Gasteiger partial charge in [-0.15, -0.1) is 0 Å². The Bertz CT molecular complexity index is 923. The molecule has 1 aliphatic rings. The van der Waals surface area contributed by atoms with Gasteiger partial charge in [0.05, 0.1) is 5.52 Å². The van der Waals surface area contributed by atoms with Crippen molar-refractivity contribution in [2.45, 2.75) is 38.6 Å². The minimum atomic E-state index is 0.0977. The lowest BCUT2D eigenvalue weighted by molar-refractivity contribution is 0.633. The van der Waals surface area contributed by atoms with Gasteiger partial charge in [-0.25, -0.2) is 0 Å². The highest BCUT2D eigenvalue weighted by atomic mass is 35.5. The molecule has 0 spiro atoms. The van der Waals surface area contributed by atoms with Crippen molar-refractivity contribution < 1.29 is 0 Å². The first-order chi connectivity index (χ1) is 11.6. The summed E-state index contributed by atoms with van der Waals surface area (Å²) in [7, 11) is 0. The fourth-order valence-electron chi connectivity index (χ4n) is 3.96. The van der Waals surface area contributed by atoms with Gasteiger partial charge in [0.1, 0.15) is 0 Å². The highest BCUT2D eigenvalue weighted by Crippen LogP contribution is 2.35. The molecule has 122 valence electrons. The van der Waals surface area contributed by atoms with Crippen LogP contribution in [0.15, 0.2) is 48.7 Å². The number of aryl methyl sites for hydroxylation is 2. The van der Waals surface area contributed by atoms with E-state index in [1.54, 1.807) is 0 Å². The summed E-state index contributed by atoms with van der Waals surface area (Å²) in [6.45, 7) is 3.00. The van der Waals surface area contributed by atoms with Gasteiger partial charge in [0, 0.05) is 34.8 Å². The van der Waals surface area contributed by atoms with E-state index in [1.807, 2.05) is 25.1 Å². The van der Waals surface area contributed by atoms with E-state index >= 15 is 0 Å². The molecule has 1 N–H and O–H groups in total. The van der Waals surface area contributed by atoms with E-state index in [9.17, 15) is 0 Å². The van der Waals surface area contributed by atoms with Gasteiger partial charge >= 0.3 is 0 Å². The molecule has 0 saturated carbocycles. The third-order valence-corrected chi connectivity index (χ3v) is 5.32. The molecule has 3 heteroatoms. The van der Waals surface area contributed by atoms with Gasteiger partial charge in [0.15, 0.2) is 0 Å². The second kappa shape index (κ2) is 6.10. The zero-order valence-corrected chi connectivity index (χ0v) is 14.6. The molecule has 24 heavy (non-hydrogen) atoms. The van der Waals surface area contributed by atoms with Gasteiger partial charge in [-0.2, -0.15) is 0 Å². The third-order valence-electron chi connectivity index (χ3n) is 5.08. The number of benzene rings is 2. The van der Waals surface area contributed by atoms with Gasteiger partial charge in [-0.1, -0.05) is 41.9 Å². The molecular formula is C21H21ClN2. The Kier molecular flexibility index (Phi) is 3.93. The summed E-state index contributed by atoms with van der Waals surface area (Å²) in [5.41, 5.74) is 5.98. The zero-order chi connectivity index (χ0) is 16.7. The minimum absolute atomic E-state index is 0.0977. The van der Waals surface area contributed by atoms with Gasteiger partial charge in [-0.05, 0) is 55.0 Å². The van der Waals surface area contributed by atoms with Gasteiger partial charge < -0.3 is 9.98 Å². The Hall–Kier alpha value is -2.06. The van der Waals surface area contributed by atoms with Crippen molar-refractivity contribution in [3.8, 4) is 0 Å². The maximum atomic E-state index is 8.36. The van der Waals surface area contributed by atoms with E-state index in [-0.39, 0.29) is 5.92 Å². The fourth-order valence-corrected chi connectivity index (χ4v) is 4.17. The first kappa shape index (κ1) is 15.5. The van der Waals surface area contributed by atoms with E-state index in [4.69, 9.17) is 17.0 Å². The molecule has 2 aromatic carbocycles. The SMILES string of the molecule is CC(=N)C(Cc1cccc(Cl)c1)c1cn2c3c(cccc13)CCC2. The van der Waals surface area contributed by atoms with Crippen LogP contribution in [0.3, 0.4) is 0 Å². The van der Waals surface area contributed by atoms with Crippen LogP contribution >= 0.6 is 11.6 Å².